The van der Waals surface area contributed by atoms with Crippen molar-refractivity contribution in [3.63, 3.8) is 0 Å². The minimum atomic E-state index is 0.171. The summed E-state index contributed by atoms with van der Waals surface area (Å²) in [5, 5.41) is 2.96. The molecule has 2 aromatic heterocycles. The van der Waals surface area contributed by atoms with Crippen LogP contribution in [0.15, 0.2) is 23.0 Å². The van der Waals surface area contributed by atoms with E-state index >= 15 is 0 Å². The van der Waals surface area contributed by atoms with Crippen LogP contribution in [0.2, 0.25) is 0 Å². The molecule has 0 aliphatic rings. The van der Waals surface area contributed by atoms with Crippen molar-refractivity contribution in [2.45, 2.75) is 0 Å². The van der Waals surface area contributed by atoms with Crippen LogP contribution < -0.4 is 16.0 Å². The van der Waals surface area contributed by atoms with E-state index in [0.29, 0.717) is 11.9 Å². The Bertz CT molecular complexity index is 467. The van der Waals surface area contributed by atoms with E-state index < -0.39 is 0 Å². The van der Waals surface area contributed by atoms with Crippen molar-refractivity contribution in [3.05, 3.63) is 18.6 Å². The van der Waals surface area contributed by atoms with Crippen LogP contribution in [0.5, 0.6) is 0 Å². The Hall–Kier alpha value is -2.31. The second kappa shape index (κ2) is 4.05. The summed E-state index contributed by atoms with van der Waals surface area (Å²) in [6, 6.07) is 1.76. The number of nitrogens with one attached hydrogen (secondary N) is 1. The number of aromatic nitrogens is 3. The molecule has 0 amide bonds. The lowest BCUT2D eigenvalue weighted by molar-refractivity contribution is 0.568. The molecule has 0 aromatic carbocycles. The maximum absolute atomic E-state index is 5.57. The molecule has 0 saturated carbocycles. The SMILES string of the molecule is CN(C)c1nc(N)nc(Nc2ccoc2)n1. The minimum Gasteiger partial charge on any atom is -0.470 e. The standard InChI is InChI=1S/C9H12N6O/c1-15(2)9-13-7(10)12-8(14-9)11-6-3-4-16-5-6/h3-5H,1-2H3,(H3,10,11,12,13,14). The summed E-state index contributed by atoms with van der Waals surface area (Å²) in [6.45, 7) is 0. The van der Waals surface area contributed by atoms with Crippen LogP contribution in [0.25, 0.3) is 0 Å². The molecular weight excluding hydrogens is 208 g/mol. The first-order valence-electron chi connectivity index (χ1n) is 4.63. The van der Waals surface area contributed by atoms with Crippen molar-refractivity contribution in [3.8, 4) is 0 Å². The quantitative estimate of drug-likeness (QED) is 0.792. The maximum Gasteiger partial charge on any atom is 0.233 e. The number of rotatable bonds is 3. The molecule has 3 N–H and O–H groups in total. The molecule has 2 aromatic rings. The third-order valence-corrected chi connectivity index (χ3v) is 1.82. The number of anilines is 4. The van der Waals surface area contributed by atoms with Gasteiger partial charge in [-0.1, -0.05) is 0 Å². The molecule has 7 nitrogen and oxygen atoms in total. The van der Waals surface area contributed by atoms with Gasteiger partial charge in [0.2, 0.25) is 17.8 Å². The first-order chi connectivity index (χ1) is 7.65. The van der Waals surface area contributed by atoms with Gasteiger partial charge in [-0.2, -0.15) is 15.0 Å². The van der Waals surface area contributed by atoms with Crippen LogP contribution in [-0.2, 0) is 0 Å². The van der Waals surface area contributed by atoms with Gasteiger partial charge < -0.3 is 20.4 Å². The molecule has 0 unspecified atom stereocenters. The van der Waals surface area contributed by atoms with Gasteiger partial charge in [-0.15, -0.1) is 0 Å². The number of hydrogen-bond donors (Lipinski definition) is 2. The number of hydrogen-bond acceptors (Lipinski definition) is 7. The number of nitrogens with two attached hydrogens (primary N) is 1. The van der Waals surface area contributed by atoms with Gasteiger partial charge >= 0.3 is 0 Å². The average molecular weight is 220 g/mol. The van der Waals surface area contributed by atoms with Crippen molar-refractivity contribution >= 4 is 23.5 Å². The lowest BCUT2D eigenvalue weighted by Crippen LogP contribution is -2.15. The van der Waals surface area contributed by atoms with E-state index in [1.807, 2.05) is 14.1 Å². The molecular formula is C9H12N6O. The third-order valence-electron chi connectivity index (χ3n) is 1.82. The van der Waals surface area contributed by atoms with Crippen LogP contribution >= 0.6 is 0 Å². The largest absolute Gasteiger partial charge is 0.470 e. The van der Waals surface area contributed by atoms with E-state index in [1.165, 1.54) is 0 Å². The average Bonchev–Trinajstić information content (AvgIpc) is 2.69. The van der Waals surface area contributed by atoms with Crippen molar-refractivity contribution in [2.75, 3.05) is 30.0 Å². The summed E-state index contributed by atoms with van der Waals surface area (Å²) >= 11 is 0. The van der Waals surface area contributed by atoms with Crippen molar-refractivity contribution in [1.82, 2.24) is 15.0 Å². The molecule has 0 spiro atoms. The van der Waals surface area contributed by atoms with Crippen LogP contribution in [0.1, 0.15) is 0 Å². The van der Waals surface area contributed by atoms with Crippen molar-refractivity contribution in [1.29, 1.82) is 0 Å². The smallest absolute Gasteiger partial charge is 0.233 e. The van der Waals surface area contributed by atoms with E-state index in [0.717, 1.165) is 5.69 Å². The topological polar surface area (TPSA) is 93.1 Å². The summed E-state index contributed by atoms with van der Waals surface area (Å²) in [6.07, 6.45) is 3.11. The molecule has 0 saturated heterocycles. The predicted octanol–water partition coefficient (Wildman–Crippen LogP) is 0.856. The minimum absolute atomic E-state index is 0.171. The molecule has 0 atom stereocenters. The second-order valence-corrected chi connectivity index (χ2v) is 3.35. The molecule has 0 bridgehead atoms. The fraction of sp³-hybridized carbons (Fsp3) is 0.222. The molecule has 0 radical (unpaired) electrons. The van der Waals surface area contributed by atoms with Gasteiger partial charge in [-0.3, -0.25) is 0 Å². The normalized spacial score (nSPS) is 10.1. The number of nitrogens with zero attached hydrogens (tertiary/aromatic N) is 4. The van der Waals surface area contributed by atoms with E-state index in [9.17, 15) is 0 Å². The monoisotopic (exact) mass is 220 g/mol. The van der Waals surface area contributed by atoms with E-state index in [1.54, 1.807) is 23.5 Å². The van der Waals surface area contributed by atoms with Crippen LogP contribution in [0.4, 0.5) is 23.5 Å². The number of nitrogen functional groups attached to an aromatic ring is 1. The zero-order valence-electron chi connectivity index (χ0n) is 9.01. The lowest BCUT2D eigenvalue weighted by atomic mass is 10.5. The highest BCUT2D eigenvalue weighted by Gasteiger charge is 2.06. The maximum atomic E-state index is 5.57. The molecule has 0 aliphatic carbocycles. The van der Waals surface area contributed by atoms with Gasteiger partial charge in [0.15, 0.2) is 0 Å². The highest BCUT2D eigenvalue weighted by atomic mass is 16.3. The molecule has 0 aliphatic heterocycles. The van der Waals surface area contributed by atoms with Gasteiger partial charge in [0.05, 0.1) is 12.0 Å². The molecule has 0 fully saturated rings. The Kier molecular flexibility index (Phi) is 2.59. The van der Waals surface area contributed by atoms with Crippen LogP contribution in [0.3, 0.4) is 0 Å². The first kappa shape index (κ1) is 10.2. The van der Waals surface area contributed by atoms with E-state index in [-0.39, 0.29) is 5.95 Å². The van der Waals surface area contributed by atoms with Gasteiger partial charge in [0.25, 0.3) is 0 Å². The lowest BCUT2D eigenvalue weighted by Gasteiger charge is -2.11. The van der Waals surface area contributed by atoms with Crippen molar-refractivity contribution in [2.24, 2.45) is 0 Å². The molecule has 16 heavy (non-hydrogen) atoms. The third kappa shape index (κ3) is 2.19. The Morgan fingerprint density at radius 2 is 2.12 bits per heavy atom. The summed E-state index contributed by atoms with van der Waals surface area (Å²) < 4.78 is 4.92. The number of furan rings is 1. The van der Waals surface area contributed by atoms with Gasteiger partial charge in [-0.25, -0.2) is 0 Å². The Balaban J connectivity index is 2.27. The predicted molar refractivity (Wildman–Crippen MR) is 60.6 cm³/mol. The summed E-state index contributed by atoms with van der Waals surface area (Å²) in [7, 11) is 3.66. The molecule has 84 valence electrons. The zero-order chi connectivity index (χ0) is 11.5. The van der Waals surface area contributed by atoms with Gasteiger partial charge in [-0.05, 0) is 6.07 Å². The second-order valence-electron chi connectivity index (χ2n) is 3.35. The molecule has 2 heterocycles. The highest BCUT2D eigenvalue weighted by molar-refractivity contribution is 5.53. The zero-order valence-corrected chi connectivity index (χ0v) is 9.01. The molecule has 7 heteroatoms. The summed E-state index contributed by atoms with van der Waals surface area (Å²) in [4.78, 5) is 13.9. The summed E-state index contributed by atoms with van der Waals surface area (Å²) in [5.74, 6) is 1.06. The highest BCUT2D eigenvalue weighted by Crippen LogP contribution is 2.15. The molecule has 2 rings (SSSR count). The van der Waals surface area contributed by atoms with Crippen molar-refractivity contribution < 1.29 is 4.42 Å². The summed E-state index contributed by atoms with van der Waals surface area (Å²) in [5.41, 5.74) is 6.33. The Morgan fingerprint density at radius 1 is 1.31 bits per heavy atom. The fourth-order valence-electron chi connectivity index (χ4n) is 1.10. The first-order valence-corrected chi connectivity index (χ1v) is 4.63. The van der Waals surface area contributed by atoms with Gasteiger partial charge in [0, 0.05) is 14.1 Å². The van der Waals surface area contributed by atoms with Gasteiger partial charge in [0.1, 0.15) is 6.26 Å². The Morgan fingerprint density at radius 3 is 2.75 bits per heavy atom. The van der Waals surface area contributed by atoms with E-state index in [4.69, 9.17) is 10.2 Å². The Labute approximate surface area is 92.3 Å². The van der Waals surface area contributed by atoms with Crippen LogP contribution in [-0.4, -0.2) is 29.0 Å². The fourth-order valence-corrected chi connectivity index (χ4v) is 1.10. The van der Waals surface area contributed by atoms with Crippen LogP contribution in [0, 0.1) is 0 Å². The van der Waals surface area contributed by atoms with E-state index in [2.05, 4.69) is 20.3 Å².